The van der Waals surface area contributed by atoms with Crippen LogP contribution in [0.5, 0.6) is 5.75 Å². The maximum Gasteiger partial charge on any atom is 0.226 e. The van der Waals surface area contributed by atoms with Crippen LogP contribution in [-0.2, 0) is 11.3 Å². The summed E-state index contributed by atoms with van der Waals surface area (Å²) in [6.07, 6.45) is 2.15. The largest absolute Gasteiger partial charge is 0.497 e. The van der Waals surface area contributed by atoms with Crippen molar-refractivity contribution in [3.63, 3.8) is 0 Å². The number of rotatable bonds is 5. The van der Waals surface area contributed by atoms with Crippen molar-refractivity contribution >= 4 is 22.6 Å². The summed E-state index contributed by atoms with van der Waals surface area (Å²) in [6.45, 7) is 0.594. The number of hydrogen-bond donors (Lipinski definition) is 1. The van der Waals surface area contributed by atoms with Crippen molar-refractivity contribution in [1.29, 1.82) is 0 Å². The minimum absolute atomic E-state index is 0.0361. The van der Waals surface area contributed by atoms with Crippen molar-refractivity contribution in [3.8, 4) is 5.75 Å². The van der Waals surface area contributed by atoms with Crippen LogP contribution in [0.2, 0.25) is 0 Å². The molecule has 22 heavy (non-hydrogen) atoms. The lowest BCUT2D eigenvalue weighted by atomic mass is 10.3. The van der Waals surface area contributed by atoms with E-state index in [1.165, 1.54) is 0 Å². The molecule has 1 aromatic heterocycles. The van der Waals surface area contributed by atoms with Gasteiger partial charge >= 0.3 is 0 Å². The fourth-order valence-electron chi connectivity index (χ4n) is 2.33. The number of benzene rings is 2. The Balaban J connectivity index is 1.62. The van der Waals surface area contributed by atoms with Crippen LogP contribution in [0.15, 0.2) is 54.9 Å². The molecule has 0 aliphatic carbocycles. The second kappa shape index (κ2) is 6.30. The van der Waals surface area contributed by atoms with Crippen molar-refractivity contribution in [2.24, 2.45) is 0 Å². The normalized spacial score (nSPS) is 10.6. The summed E-state index contributed by atoms with van der Waals surface area (Å²) in [4.78, 5) is 16.4. The third-order valence-electron chi connectivity index (χ3n) is 3.46. The number of amides is 1. The van der Waals surface area contributed by atoms with Crippen molar-refractivity contribution in [2.75, 3.05) is 12.4 Å². The predicted molar refractivity (Wildman–Crippen MR) is 86.0 cm³/mol. The van der Waals surface area contributed by atoms with E-state index < -0.39 is 0 Å². The second-order valence-corrected chi connectivity index (χ2v) is 4.96. The molecule has 5 nitrogen and oxygen atoms in total. The molecule has 0 unspecified atom stereocenters. The van der Waals surface area contributed by atoms with Gasteiger partial charge in [0.15, 0.2) is 0 Å². The molecule has 3 rings (SSSR count). The van der Waals surface area contributed by atoms with E-state index >= 15 is 0 Å². The Kier molecular flexibility index (Phi) is 4.05. The van der Waals surface area contributed by atoms with Crippen LogP contribution in [0.1, 0.15) is 6.42 Å². The molecule has 0 spiro atoms. The number of anilines is 1. The van der Waals surface area contributed by atoms with Gasteiger partial charge in [-0.05, 0) is 24.3 Å². The molecule has 1 N–H and O–H groups in total. The molecule has 1 amide bonds. The number of ether oxygens (including phenoxy) is 1. The number of carbonyl (C=O) groups is 1. The zero-order chi connectivity index (χ0) is 15.4. The number of fused-ring (bicyclic) bond motifs is 1. The van der Waals surface area contributed by atoms with Gasteiger partial charge in [-0.25, -0.2) is 4.98 Å². The van der Waals surface area contributed by atoms with Crippen LogP contribution in [0.25, 0.3) is 11.0 Å². The van der Waals surface area contributed by atoms with Crippen LogP contribution in [0.4, 0.5) is 5.69 Å². The highest BCUT2D eigenvalue weighted by atomic mass is 16.5. The lowest BCUT2D eigenvalue weighted by Crippen LogP contribution is -2.14. The summed E-state index contributed by atoms with van der Waals surface area (Å²) >= 11 is 0. The quantitative estimate of drug-likeness (QED) is 0.787. The van der Waals surface area contributed by atoms with Crippen molar-refractivity contribution in [1.82, 2.24) is 9.55 Å². The van der Waals surface area contributed by atoms with E-state index in [0.29, 0.717) is 13.0 Å². The van der Waals surface area contributed by atoms with Crippen LogP contribution in [-0.4, -0.2) is 22.6 Å². The number of aryl methyl sites for hydroxylation is 1. The second-order valence-electron chi connectivity index (χ2n) is 4.96. The van der Waals surface area contributed by atoms with Gasteiger partial charge in [-0.2, -0.15) is 0 Å². The molecule has 0 atom stereocenters. The first-order chi connectivity index (χ1) is 10.8. The molecule has 0 fully saturated rings. The average molecular weight is 295 g/mol. The lowest BCUT2D eigenvalue weighted by molar-refractivity contribution is -0.116. The molecular weight excluding hydrogens is 278 g/mol. The average Bonchev–Trinajstić information content (AvgIpc) is 2.96. The SMILES string of the molecule is COc1cccc(NC(=O)CCn2cnc3ccccc32)c1. The van der Waals surface area contributed by atoms with Gasteiger partial charge in [-0.1, -0.05) is 18.2 Å². The topological polar surface area (TPSA) is 56.1 Å². The molecule has 3 aromatic rings. The Morgan fingerprint density at radius 3 is 2.95 bits per heavy atom. The number of imidazole rings is 1. The minimum atomic E-state index is -0.0361. The standard InChI is InChI=1S/C17H17N3O2/c1-22-14-6-4-5-13(11-14)19-17(21)9-10-20-12-18-15-7-2-3-8-16(15)20/h2-8,11-12H,9-10H2,1H3,(H,19,21). The van der Waals surface area contributed by atoms with Crippen LogP contribution < -0.4 is 10.1 Å². The summed E-state index contributed by atoms with van der Waals surface area (Å²) in [7, 11) is 1.60. The van der Waals surface area contributed by atoms with E-state index in [1.807, 2.05) is 47.0 Å². The molecule has 1 heterocycles. The van der Waals surface area contributed by atoms with E-state index in [9.17, 15) is 4.79 Å². The molecule has 0 aliphatic rings. The third kappa shape index (κ3) is 3.09. The number of aromatic nitrogens is 2. The molecular formula is C17H17N3O2. The van der Waals surface area contributed by atoms with Gasteiger partial charge in [0, 0.05) is 24.7 Å². The van der Waals surface area contributed by atoms with Gasteiger partial charge in [0.25, 0.3) is 0 Å². The number of carbonyl (C=O) groups excluding carboxylic acids is 1. The van der Waals surface area contributed by atoms with Gasteiger partial charge in [-0.3, -0.25) is 4.79 Å². The lowest BCUT2D eigenvalue weighted by Gasteiger charge is -2.08. The summed E-state index contributed by atoms with van der Waals surface area (Å²) < 4.78 is 7.13. The van der Waals surface area contributed by atoms with Crippen LogP contribution in [0.3, 0.4) is 0 Å². The maximum absolute atomic E-state index is 12.1. The predicted octanol–water partition coefficient (Wildman–Crippen LogP) is 3.07. The van der Waals surface area contributed by atoms with Crippen molar-refractivity contribution in [2.45, 2.75) is 13.0 Å². The molecule has 112 valence electrons. The molecule has 0 bridgehead atoms. The van der Waals surface area contributed by atoms with Gasteiger partial charge in [0.05, 0.1) is 24.5 Å². The first-order valence-corrected chi connectivity index (χ1v) is 7.10. The van der Waals surface area contributed by atoms with Gasteiger partial charge < -0.3 is 14.6 Å². The fraction of sp³-hybridized carbons (Fsp3) is 0.176. The van der Waals surface area contributed by atoms with Crippen molar-refractivity contribution < 1.29 is 9.53 Å². The Hall–Kier alpha value is -2.82. The molecule has 0 aliphatic heterocycles. The summed E-state index contributed by atoms with van der Waals surface area (Å²) in [6, 6.07) is 15.2. The molecule has 0 saturated heterocycles. The Morgan fingerprint density at radius 1 is 1.23 bits per heavy atom. The van der Waals surface area contributed by atoms with E-state index in [2.05, 4.69) is 10.3 Å². The first kappa shape index (κ1) is 14.1. The number of nitrogens with one attached hydrogen (secondary N) is 1. The zero-order valence-electron chi connectivity index (χ0n) is 12.3. The highest BCUT2D eigenvalue weighted by Gasteiger charge is 2.06. The van der Waals surface area contributed by atoms with Gasteiger partial charge in [0.1, 0.15) is 5.75 Å². The van der Waals surface area contributed by atoms with Gasteiger partial charge in [-0.15, -0.1) is 0 Å². The summed E-state index contributed by atoms with van der Waals surface area (Å²) in [5.41, 5.74) is 2.72. The van der Waals surface area contributed by atoms with Gasteiger partial charge in [0.2, 0.25) is 5.91 Å². The number of para-hydroxylation sites is 2. The number of hydrogen-bond acceptors (Lipinski definition) is 3. The van der Waals surface area contributed by atoms with E-state index in [0.717, 1.165) is 22.5 Å². The number of methoxy groups -OCH3 is 1. The highest BCUT2D eigenvalue weighted by molar-refractivity contribution is 5.91. The molecule has 0 radical (unpaired) electrons. The summed E-state index contributed by atoms with van der Waals surface area (Å²) in [5, 5.41) is 2.87. The van der Waals surface area contributed by atoms with E-state index in [4.69, 9.17) is 4.74 Å². The number of nitrogens with zero attached hydrogens (tertiary/aromatic N) is 2. The minimum Gasteiger partial charge on any atom is -0.497 e. The van der Waals surface area contributed by atoms with Crippen LogP contribution >= 0.6 is 0 Å². The smallest absolute Gasteiger partial charge is 0.226 e. The Morgan fingerprint density at radius 2 is 2.09 bits per heavy atom. The first-order valence-electron chi connectivity index (χ1n) is 7.10. The zero-order valence-corrected chi connectivity index (χ0v) is 12.3. The maximum atomic E-state index is 12.1. The van der Waals surface area contributed by atoms with Crippen molar-refractivity contribution in [3.05, 3.63) is 54.9 Å². The molecule has 5 heteroatoms. The van der Waals surface area contributed by atoms with E-state index in [-0.39, 0.29) is 5.91 Å². The van der Waals surface area contributed by atoms with E-state index in [1.54, 1.807) is 19.5 Å². The molecule has 0 saturated carbocycles. The summed E-state index contributed by atoms with van der Waals surface area (Å²) in [5.74, 6) is 0.685. The Bertz CT molecular complexity index is 795. The Labute approximate surface area is 128 Å². The monoisotopic (exact) mass is 295 g/mol. The third-order valence-corrected chi connectivity index (χ3v) is 3.46. The van der Waals surface area contributed by atoms with Crippen LogP contribution in [0, 0.1) is 0 Å². The fourth-order valence-corrected chi connectivity index (χ4v) is 2.33. The highest BCUT2D eigenvalue weighted by Crippen LogP contribution is 2.17. The molecule has 2 aromatic carbocycles.